The molecule has 0 fully saturated rings. The number of nitriles is 1. The van der Waals surface area contributed by atoms with E-state index >= 15 is 0 Å². The van der Waals surface area contributed by atoms with E-state index in [4.69, 9.17) is 19.4 Å². The number of aromatic nitrogens is 1. The Bertz CT molecular complexity index is 1190. The van der Waals surface area contributed by atoms with Crippen molar-refractivity contribution < 1.29 is 18.7 Å². The highest BCUT2D eigenvalue weighted by Crippen LogP contribution is 2.36. The molecule has 4 rings (SSSR count). The number of ether oxygens (including phenoxy) is 1. The molecule has 0 saturated heterocycles. The minimum Gasteiger partial charge on any atom is -0.465 e. The molecule has 156 valence electrons. The van der Waals surface area contributed by atoms with Gasteiger partial charge in [0.05, 0.1) is 35.5 Å². The van der Waals surface area contributed by atoms with Crippen LogP contribution < -0.4 is 5.32 Å². The quantitative estimate of drug-likeness (QED) is 0.484. The second kappa shape index (κ2) is 9.26. The number of furan rings is 1. The molecule has 1 amide bonds. The molecule has 1 aliphatic carbocycles. The van der Waals surface area contributed by atoms with Crippen molar-refractivity contribution in [3.8, 4) is 6.07 Å². The molecule has 1 aromatic carbocycles. The lowest BCUT2D eigenvalue weighted by Crippen LogP contribution is -2.29. The van der Waals surface area contributed by atoms with Gasteiger partial charge in [0.1, 0.15) is 5.76 Å². The summed E-state index contributed by atoms with van der Waals surface area (Å²) >= 11 is 0. The van der Waals surface area contributed by atoms with Crippen LogP contribution in [0.15, 0.2) is 47.1 Å². The highest BCUT2D eigenvalue weighted by molar-refractivity contribution is 6.07. The molecule has 7 heteroatoms. The van der Waals surface area contributed by atoms with Crippen LogP contribution in [0.1, 0.15) is 46.6 Å². The minimum absolute atomic E-state index is 0.201. The van der Waals surface area contributed by atoms with Crippen LogP contribution in [0.5, 0.6) is 0 Å². The van der Waals surface area contributed by atoms with Gasteiger partial charge in [-0.05, 0) is 54.7 Å². The molecule has 1 aliphatic rings. The van der Waals surface area contributed by atoms with E-state index in [-0.39, 0.29) is 13.0 Å². The normalized spacial score (nSPS) is 14.1. The first kappa shape index (κ1) is 20.4. The summed E-state index contributed by atoms with van der Waals surface area (Å²) < 4.78 is 10.8. The molecule has 1 N–H and O–H groups in total. The molecule has 7 nitrogen and oxygen atoms in total. The number of hydrogen-bond acceptors (Lipinski definition) is 6. The number of carbonyl (C=O) groups excluding carboxylic acids is 2. The SMILES string of the molecule is N#CCCNC(=O)COC(=O)c1c2c(nc3ccccc13)/C(=C\c1ccco1)CCC2. The molecular formula is C24H21N3O4. The van der Waals surface area contributed by atoms with Gasteiger partial charge in [0, 0.05) is 11.9 Å². The van der Waals surface area contributed by atoms with Crippen LogP contribution >= 0.6 is 0 Å². The summed E-state index contributed by atoms with van der Waals surface area (Å²) in [6, 6.07) is 13.1. The largest absolute Gasteiger partial charge is 0.465 e. The standard InChI is InChI=1S/C24H21N3O4/c25-11-5-12-26-21(28)15-31-24(29)22-18-8-1-2-10-20(18)27-23-16(6-3-9-19(22)23)14-17-7-4-13-30-17/h1-2,4,7-8,10,13-14H,3,5-6,9,12,15H2,(H,26,28)/b16-14-. The Morgan fingerprint density at radius 3 is 2.90 bits per heavy atom. The van der Waals surface area contributed by atoms with Crippen molar-refractivity contribution in [2.24, 2.45) is 0 Å². The average molecular weight is 415 g/mol. The Morgan fingerprint density at radius 2 is 2.10 bits per heavy atom. The number of rotatable bonds is 6. The van der Waals surface area contributed by atoms with Crippen LogP contribution in [-0.4, -0.2) is 30.0 Å². The van der Waals surface area contributed by atoms with E-state index in [9.17, 15) is 9.59 Å². The average Bonchev–Trinajstić information content (AvgIpc) is 3.29. The van der Waals surface area contributed by atoms with Gasteiger partial charge in [-0.3, -0.25) is 4.79 Å². The first-order valence-corrected chi connectivity index (χ1v) is 10.1. The van der Waals surface area contributed by atoms with Crippen molar-refractivity contribution >= 4 is 34.4 Å². The topological polar surface area (TPSA) is 105 Å². The smallest absolute Gasteiger partial charge is 0.339 e. The predicted molar refractivity (Wildman–Crippen MR) is 115 cm³/mol. The van der Waals surface area contributed by atoms with Gasteiger partial charge >= 0.3 is 5.97 Å². The summed E-state index contributed by atoms with van der Waals surface area (Å²) in [5.74, 6) is -0.255. The molecule has 2 aromatic heterocycles. The van der Waals surface area contributed by atoms with Crippen LogP contribution in [-0.2, 0) is 16.0 Å². The van der Waals surface area contributed by atoms with Gasteiger partial charge in [-0.2, -0.15) is 5.26 Å². The van der Waals surface area contributed by atoms with Crippen LogP contribution in [0.2, 0.25) is 0 Å². The predicted octanol–water partition coefficient (Wildman–Crippen LogP) is 3.89. The van der Waals surface area contributed by atoms with Crippen molar-refractivity contribution in [2.75, 3.05) is 13.2 Å². The molecular weight excluding hydrogens is 394 g/mol. The third kappa shape index (κ3) is 4.48. The highest BCUT2D eigenvalue weighted by atomic mass is 16.5. The van der Waals surface area contributed by atoms with Crippen molar-refractivity contribution in [2.45, 2.75) is 25.7 Å². The lowest BCUT2D eigenvalue weighted by molar-refractivity contribution is -0.124. The summed E-state index contributed by atoms with van der Waals surface area (Å²) in [6.07, 6.45) is 6.17. The monoisotopic (exact) mass is 415 g/mol. The maximum Gasteiger partial charge on any atom is 0.339 e. The fraction of sp³-hybridized carbons (Fsp3) is 0.250. The highest BCUT2D eigenvalue weighted by Gasteiger charge is 2.26. The number of pyridine rings is 1. The third-order valence-electron chi connectivity index (χ3n) is 5.13. The summed E-state index contributed by atoms with van der Waals surface area (Å²) in [4.78, 5) is 29.8. The zero-order chi connectivity index (χ0) is 21.6. The van der Waals surface area contributed by atoms with Gasteiger partial charge in [0.15, 0.2) is 6.61 Å². The lowest BCUT2D eigenvalue weighted by atomic mass is 9.86. The molecule has 0 radical (unpaired) electrons. The number of carbonyl (C=O) groups is 2. The van der Waals surface area contributed by atoms with Crippen LogP contribution in [0, 0.1) is 11.3 Å². The Morgan fingerprint density at radius 1 is 1.23 bits per heavy atom. The molecule has 3 aromatic rings. The second-order valence-corrected chi connectivity index (χ2v) is 7.20. The summed E-state index contributed by atoms with van der Waals surface area (Å²) in [7, 11) is 0. The zero-order valence-electron chi connectivity index (χ0n) is 16.9. The van der Waals surface area contributed by atoms with E-state index in [1.165, 1.54) is 0 Å². The van der Waals surface area contributed by atoms with Gasteiger partial charge < -0.3 is 14.5 Å². The number of esters is 1. The minimum atomic E-state index is -0.551. The molecule has 2 heterocycles. The lowest BCUT2D eigenvalue weighted by Gasteiger charge is -2.22. The number of para-hydroxylation sites is 1. The summed E-state index contributed by atoms with van der Waals surface area (Å²) in [5.41, 5.74) is 3.75. The third-order valence-corrected chi connectivity index (χ3v) is 5.13. The molecule has 0 atom stereocenters. The Kier molecular flexibility index (Phi) is 6.08. The van der Waals surface area contributed by atoms with Crippen molar-refractivity contribution in [3.63, 3.8) is 0 Å². The Labute approximate surface area is 179 Å². The van der Waals surface area contributed by atoms with Crippen LogP contribution in [0.4, 0.5) is 0 Å². The van der Waals surface area contributed by atoms with E-state index in [0.29, 0.717) is 22.9 Å². The molecule has 0 saturated carbocycles. The number of benzene rings is 1. The molecule has 0 unspecified atom stereocenters. The number of allylic oxidation sites excluding steroid dienone is 1. The van der Waals surface area contributed by atoms with Crippen molar-refractivity contribution in [1.82, 2.24) is 10.3 Å². The second-order valence-electron chi connectivity index (χ2n) is 7.20. The summed E-state index contributed by atoms with van der Waals surface area (Å²) in [6.45, 7) is -0.174. The Balaban J connectivity index is 1.69. The van der Waals surface area contributed by atoms with E-state index in [1.807, 2.05) is 48.5 Å². The molecule has 0 spiro atoms. The van der Waals surface area contributed by atoms with Gasteiger partial charge in [-0.25, -0.2) is 9.78 Å². The Hall–Kier alpha value is -3.92. The van der Waals surface area contributed by atoms with Crippen molar-refractivity contribution in [1.29, 1.82) is 5.26 Å². The maximum atomic E-state index is 13.1. The van der Waals surface area contributed by atoms with E-state index < -0.39 is 18.5 Å². The zero-order valence-corrected chi connectivity index (χ0v) is 16.9. The fourth-order valence-corrected chi connectivity index (χ4v) is 3.77. The number of nitrogens with zero attached hydrogens (tertiary/aromatic N) is 2. The molecule has 31 heavy (non-hydrogen) atoms. The van der Waals surface area contributed by atoms with Crippen molar-refractivity contribution in [3.05, 3.63) is 65.2 Å². The van der Waals surface area contributed by atoms with Crippen LogP contribution in [0.25, 0.3) is 22.6 Å². The summed E-state index contributed by atoms with van der Waals surface area (Å²) in [5, 5.41) is 11.8. The maximum absolute atomic E-state index is 13.1. The van der Waals surface area contributed by atoms with Gasteiger partial charge in [0.25, 0.3) is 5.91 Å². The van der Waals surface area contributed by atoms with Crippen LogP contribution in [0.3, 0.4) is 0 Å². The number of nitrogens with one attached hydrogen (secondary N) is 1. The first-order chi connectivity index (χ1) is 15.2. The number of amides is 1. The number of fused-ring (bicyclic) bond motifs is 2. The molecule has 0 aliphatic heterocycles. The first-order valence-electron chi connectivity index (χ1n) is 10.1. The van der Waals surface area contributed by atoms with Gasteiger partial charge in [-0.1, -0.05) is 18.2 Å². The van der Waals surface area contributed by atoms with Gasteiger partial charge in [0.2, 0.25) is 0 Å². The van der Waals surface area contributed by atoms with Gasteiger partial charge in [-0.15, -0.1) is 0 Å². The van der Waals surface area contributed by atoms with E-state index in [2.05, 4.69) is 5.32 Å². The fourth-order valence-electron chi connectivity index (χ4n) is 3.77. The van der Waals surface area contributed by atoms with E-state index in [1.54, 1.807) is 6.26 Å². The number of hydrogen-bond donors (Lipinski definition) is 1. The van der Waals surface area contributed by atoms with E-state index in [0.717, 1.165) is 35.4 Å². The molecule has 0 bridgehead atoms.